The van der Waals surface area contributed by atoms with Crippen LogP contribution in [0.5, 0.6) is 0 Å². The van der Waals surface area contributed by atoms with E-state index in [0.717, 1.165) is 36.0 Å². The highest BCUT2D eigenvalue weighted by molar-refractivity contribution is 5.74. The Morgan fingerprint density at radius 1 is 0.846 bits per heavy atom. The predicted octanol–water partition coefficient (Wildman–Crippen LogP) is 2.57. The minimum absolute atomic E-state index is 0.0206. The van der Waals surface area contributed by atoms with Gasteiger partial charge >= 0.3 is 5.97 Å². The molecule has 8 rings (SSSR count). The van der Waals surface area contributed by atoms with E-state index in [0.29, 0.717) is 23.9 Å². The Labute approximate surface area is 153 Å². The molecule has 0 spiro atoms. The van der Waals surface area contributed by atoms with Crippen LogP contribution in [0.25, 0.3) is 0 Å². The number of carbonyl (C=O) groups excluding carboxylic acids is 1. The normalized spacial score (nSPS) is 66.9. The van der Waals surface area contributed by atoms with Crippen LogP contribution in [-0.4, -0.2) is 36.5 Å². The van der Waals surface area contributed by atoms with E-state index in [4.69, 9.17) is 14.2 Å². The van der Waals surface area contributed by atoms with E-state index < -0.39 is 0 Å². The van der Waals surface area contributed by atoms with Crippen LogP contribution < -0.4 is 0 Å². The van der Waals surface area contributed by atoms with E-state index >= 15 is 0 Å². The number of ether oxygens (including phenoxy) is 3. The molecule has 0 amide bonds. The third-order valence-corrected chi connectivity index (χ3v) is 9.95. The van der Waals surface area contributed by atoms with Gasteiger partial charge in [-0.15, -0.1) is 0 Å². The summed E-state index contributed by atoms with van der Waals surface area (Å²) in [6.45, 7) is 0. The molecule has 4 nitrogen and oxygen atoms in total. The number of fused-ring (bicyclic) bond motifs is 11. The Bertz CT molecular complexity index is 730. The van der Waals surface area contributed by atoms with Crippen LogP contribution in [0.15, 0.2) is 12.2 Å². The molecule has 3 heterocycles. The Kier molecular flexibility index (Phi) is 2.40. The maximum absolute atomic E-state index is 13.2. The molecular weight excluding hydrogens is 328 g/mol. The molecule has 5 aliphatic carbocycles. The molecule has 0 aromatic rings. The van der Waals surface area contributed by atoms with Crippen LogP contribution in [0.1, 0.15) is 32.1 Å². The first kappa shape index (κ1) is 14.2. The van der Waals surface area contributed by atoms with Crippen molar-refractivity contribution in [2.75, 3.05) is 0 Å². The van der Waals surface area contributed by atoms with Crippen molar-refractivity contribution in [3.05, 3.63) is 12.2 Å². The first-order chi connectivity index (χ1) is 12.8. The zero-order valence-corrected chi connectivity index (χ0v) is 14.9. The zero-order valence-electron chi connectivity index (χ0n) is 14.9. The summed E-state index contributed by atoms with van der Waals surface area (Å²) < 4.78 is 18.7. The zero-order chi connectivity index (χ0) is 16.7. The van der Waals surface area contributed by atoms with Crippen LogP contribution in [0.3, 0.4) is 0 Å². The predicted molar refractivity (Wildman–Crippen MR) is 90.8 cm³/mol. The molecule has 4 saturated carbocycles. The Morgan fingerprint density at radius 2 is 1.73 bits per heavy atom. The van der Waals surface area contributed by atoms with E-state index in [1.54, 1.807) is 0 Å². The molecule has 3 aliphatic heterocycles. The standard InChI is InChI=1S/C22H26O4/c23-22(13-7-10-6-12(13)16-9-2-1-8(5-9)15(10)16)26-20-18-11-3-4-14-17(11)19(25-18)21(20)24-14/h1-2,8-21H,3-7H2. The Morgan fingerprint density at radius 3 is 2.65 bits per heavy atom. The van der Waals surface area contributed by atoms with Crippen LogP contribution in [0.4, 0.5) is 0 Å². The SMILES string of the molecule is O=C(OC1C2OC3C1OC1CCC2C13)C1CC2CC1C1C3C=CC(C3)C21. The molecule has 0 aromatic heterocycles. The van der Waals surface area contributed by atoms with Crippen molar-refractivity contribution < 1.29 is 19.0 Å². The molecular formula is C22H26O4. The van der Waals surface area contributed by atoms with Gasteiger partial charge in [-0.2, -0.15) is 0 Å². The van der Waals surface area contributed by atoms with Gasteiger partial charge in [0.2, 0.25) is 0 Å². The summed E-state index contributed by atoms with van der Waals surface area (Å²) in [4.78, 5) is 13.2. The first-order valence-electron chi connectivity index (χ1n) is 11.0. The highest BCUT2D eigenvalue weighted by Crippen LogP contribution is 2.67. The van der Waals surface area contributed by atoms with E-state index in [1.165, 1.54) is 25.7 Å². The molecule has 138 valence electrons. The second-order valence-electron chi connectivity index (χ2n) is 10.5. The lowest BCUT2D eigenvalue weighted by atomic mass is 9.69. The Hall–Kier alpha value is -0.870. The average Bonchev–Trinajstić information content (AvgIpc) is 3.44. The largest absolute Gasteiger partial charge is 0.456 e. The van der Waals surface area contributed by atoms with Gasteiger partial charge in [0.25, 0.3) is 0 Å². The summed E-state index contributed by atoms with van der Waals surface area (Å²) in [6.07, 6.45) is 11.5. The van der Waals surface area contributed by atoms with Gasteiger partial charge in [-0.3, -0.25) is 4.79 Å². The molecule has 14 atom stereocenters. The molecule has 14 unspecified atom stereocenters. The van der Waals surface area contributed by atoms with Crippen molar-refractivity contribution in [3.63, 3.8) is 0 Å². The lowest BCUT2D eigenvalue weighted by molar-refractivity contribution is -0.167. The summed E-state index contributed by atoms with van der Waals surface area (Å²) in [6, 6.07) is 0. The minimum Gasteiger partial charge on any atom is -0.456 e. The van der Waals surface area contributed by atoms with E-state index in [9.17, 15) is 4.79 Å². The molecule has 6 bridgehead atoms. The van der Waals surface area contributed by atoms with Gasteiger partial charge in [0.05, 0.1) is 18.1 Å². The van der Waals surface area contributed by atoms with Crippen LogP contribution in [0.2, 0.25) is 0 Å². The molecule has 3 saturated heterocycles. The van der Waals surface area contributed by atoms with Crippen molar-refractivity contribution in [1.29, 1.82) is 0 Å². The topological polar surface area (TPSA) is 44.8 Å². The van der Waals surface area contributed by atoms with Gasteiger partial charge < -0.3 is 14.2 Å². The number of hydrogen-bond acceptors (Lipinski definition) is 4. The summed E-state index contributed by atoms with van der Waals surface area (Å²) in [5, 5.41) is 0. The van der Waals surface area contributed by atoms with Gasteiger partial charge in [-0.05, 0) is 73.5 Å². The van der Waals surface area contributed by atoms with Crippen molar-refractivity contribution in [2.24, 2.45) is 53.3 Å². The van der Waals surface area contributed by atoms with E-state index in [-0.39, 0.29) is 36.3 Å². The monoisotopic (exact) mass is 354 g/mol. The molecule has 26 heavy (non-hydrogen) atoms. The fourth-order valence-electron chi connectivity index (χ4n) is 9.38. The molecule has 0 N–H and O–H groups in total. The van der Waals surface area contributed by atoms with Crippen LogP contribution in [0, 0.1) is 53.3 Å². The summed E-state index contributed by atoms with van der Waals surface area (Å²) in [5.74, 6) is 5.92. The van der Waals surface area contributed by atoms with Gasteiger partial charge in [-0.1, -0.05) is 12.2 Å². The molecule has 0 aromatic carbocycles. The third-order valence-electron chi connectivity index (χ3n) is 9.95. The fourth-order valence-corrected chi connectivity index (χ4v) is 9.38. The number of rotatable bonds is 2. The van der Waals surface area contributed by atoms with Crippen LogP contribution >= 0.6 is 0 Å². The van der Waals surface area contributed by atoms with Gasteiger partial charge in [-0.25, -0.2) is 0 Å². The summed E-state index contributed by atoms with van der Waals surface area (Å²) >= 11 is 0. The lowest BCUT2D eigenvalue weighted by Crippen LogP contribution is -2.46. The Balaban J connectivity index is 1.04. The smallest absolute Gasteiger partial charge is 0.309 e. The molecule has 8 aliphatic rings. The van der Waals surface area contributed by atoms with Gasteiger partial charge in [0.15, 0.2) is 6.10 Å². The number of hydrogen-bond donors (Lipinski definition) is 0. The first-order valence-corrected chi connectivity index (χ1v) is 11.0. The highest BCUT2D eigenvalue weighted by atomic mass is 16.6. The third kappa shape index (κ3) is 1.43. The minimum atomic E-state index is -0.131. The van der Waals surface area contributed by atoms with E-state index in [2.05, 4.69) is 12.2 Å². The number of carbonyl (C=O) groups is 1. The summed E-state index contributed by atoms with van der Waals surface area (Å²) in [7, 11) is 0. The van der Waals surface area contributed by atoms with Gasteiger partial charge in [0.1, 0.15) is 12.2 Å². The van der Waals surface area contributed by atoms with E-state index in [1.807, 2.05) is 0 Å². The highest BCUT2D eigenvalue weighted by Gasteiger charge is 2.71. The van der Waals surface area contributed by atoms with Crippen molar-refractivity contribution in [3.8, 4) is 0 Å². The average molecular weight is 354 g/mol. The number of esters is 1. The van der Waals surface area contributed by atoms with Crippen LogP contribution in [-0.2, 0) is 19.0 Å². The van der Waals surface area contributed by atoms with Gasteiger partial charge in [0, 0.05) is 5.92 Å². The summed E-state index contributed by atoms with van der Waals surface area (Å²) in [5.41, 5.74) is 0. The molecule has 0 radical (unpaired) electrons. The second-order valence-corrected chi connectivity index (χ2v) is 10.5. The van der Waals surface area contributed by atoms with Crippen molar-refractivity contribution in [1.82, 2.24) is 0 Å². The van der Waals surface area contributed by atoms with Crippen molar-refractivity contribution in [2.45, 2.75) is 62.6 Å². The second kappa shape index (κ2) is 4.41. The molecule has 4 heteroatoms. The quantitative estimate of drug-likeness (QED) is 0.434. The lowest BCUT2D eigenvalue weighted by Gasteiger charge is -2.37. The maximum atomic E-state index is 13.2. The fraction of sp³-hybridized carbons (Fsp3) is 0.864. The van der Waals surface area contributed by atoms with Crippen molar-refractivity contribution >= 4 is 5.97 Å². The maximum Gasteiger partial charge on any atom is 0.309 e. The number of allylic oxidation sites excluding steroid dienone is 2. The molecule has 7 fully saturated rings.